The minimum absolute atomic E-state index is 0.0583. The Hall–Kier alpha value is -3.32. The van der Waals surface area contributed by atoms with Gasteiger partial charge in [0, 0.05) is 18.8 Å². The topological polar surface area (TPSA) is 164 Å². The molecule has 0 saturated carbocycles. The molecule has 12 nitrogen and oxygen atoms in total. The molecule has 3 aromatic rings. The maximum Gasteiger partial charge on any atom is 0.319 e. The molecule has 200 valence electrons. The number of imidazole rings is 1. The number of nitrogen functional groups attached to an aromatic ring is 1. The van der Waals surface area contributed by atoms with E-state index < -0.39 is 24.5 Å². The van der Waals surface area contributed by atoms with E-state index >= 15 is 0 Å². The van der Waals surface area contributed by atoms with E-state index in [1.807, 2.05) is 36.2 Å². The van der Waals surface area contributed by atoms with E-state index in [1.165, 1.54) is 18.2 Å². The van der Waals surface area contributed by atoms with E-state index in [0.29, 0.717) is 37.2 Å². The number of aliphatic hydroxyl groups is 2. The zero-order chi connectivity index (χ0) is 26.7. The maximum absolute atomic E-state index is 12.2. The number of aromatic nitrogens is 4. The summed E-state index contributed by atoms with van der Waals surface area (Å²) in [7, 11) is 1.90. The Morgan fingerprint density at radius 2 is 1.89 bits per heavy atom. The highest BCUT2D eigenvalue weighted by molar-refractivity contribution is 5.89. The van der Waals surface area contributed by atoms with Crippen LogP contribution in [0.25, 0.3) is 11.2 Å². The molecule has 6 N–H and O–H groups in total. The van der Waals surface area contributed by atoms with Crippen molar-refractivity contribution >= 4 is 28.7 Å². The molecule has 1 fully saturated rings. The number of hydrogen-bond acceptors (Lipinski definition) is 9. The molecule has 1 saturated heterocycles. The average Bonchev–Trinajstić information content (AvgIpc) is 3.39. The summed E-state index contributed by atoms with van der Waals surface area (Å²) in [6.45, 7) is 7.97. The second kappa shape index (κ2) is 11.0. The van der Waals surface area contributed by atoms with Crippen LogP contribution in [-0.2, 0) is 10.2 Å². The number of nitrogens with one attached hydrogen (secondary N) is 2. The van der Waals surface area contributed by atoms with Crippen molar-refractivity contribution in [2.45, 2.75) is 57.1 Å². The SMILES string of the molecule is CN(CCCNC(=O)Nc1ccc(C(C)(C)C)cc1)C[C@H]1O[C@@H](n2cnc3c(N)ncnc32)[C@H](O)[C@H]1O. The van der Waals surface area contributed by atoms with E-state index in [2.05, 4.69) is 46.4 Å². The van der Waals surface area contributed by atoms with E-state index in [4.69, 9.17) is 10.5 Å². The lowest BCUT2D eigenvalue weighted by atomic mass is 9.87. The summed E-state index contributed by atoms with van der Waals surface area (Å²) in [5, 5.41) is 26.9. The lowest BCUT2D eigenvalue weighted by molar-refractivity contribution is -0.0421. The fourth-order valence-electron chi connectivity index (χ4n) is 4.34. The van der Waals surface area contributed by atoms with Crippen LogP contribution in [-0.4, -0.2) is 85.7 Å². The van der Waals surface area contributed by atoms with Gasteiger partial charge in [-0.1, -0.05) is 32.9 Å². The molecule has 2 amide bonds. The molecular formula is C25H36N8O4. The van der Waals surface area contributed by atoms with Gasteiger partial charge in [-0.05, 0) is 43.1 Å². The monoisotopic (exact) mass is 512 g/mol. The number of hydrogen-bond donors (Lipinski definition) is 5. The minimum Gasteiger partial charge on any atom is -0.387 e. The Bertz CT molecular complexity index is 1210. The second-order valence-electron chi connectivity index (χ2n) is 10.5. The van der Waals surface area contributed by atoms with Gasteiger partial charge in [-0.2, -0.15) is 0 Å². The summed E-state index contributed by atoms with van der Waals surface area (Å²) in [5.74, 6) is 0.230. The van der Waals surface area contributed by atoms with Gasteiger partial charge < -0.3 is 36.2 Å². The van der Waals surface area contributed by atoms with Gasteiger partial charge in [0.2, 0.25) is 0 Å². The number of rotatable bonds is 8. The fraction of sp³-hybridized carbons (Fsp3) is 0.520. The van der Waals surface area contributed by atoms with Crippen molar-refractivity contribution in [1.82, 2.24) is 29.7 Å². The van der Waals surface area contributed by atoms with Gasteiger partial charge >= 0.3 is 6.03 Å². The van der Waals surface area contributed by atoms with Crippen molar-refractivity contribution < 1.29 is 19.7 Å². The van der Waals surface area contributed by atoms with Crippen molar-refractivity contribution in [3.63, 3.8) is 0 Å². The summed E-state index contributed by atoms with van der Waals surface area (Å²) in [6, 6.07) is 7.57. The molecule has 1 aliphatic rings. The Balaban J connectivity index is 1.21. The van der Waals surface area contributed by atoms with Gasteiger partial charge in [0.25, 0.3) is 0 Å². The van der Waals surface area contributed by atoms with Crippen LogP contribution in [0.4, 0.5) is 16.3 Å². The van der Waals surface area contributed by atoms with Crippen molar-refractivity contribution in [3.8, 4) is 0 Å². The van der Waals surface area contributed by atoms with E-state index in [1.54, 1.807) is 4.57 Å². The first kappa shape index (κ1) is 26.7. The molecule has 4 atom stereocenters. The molecule has 1 aliphatic heterocycles. The van der Waals surface area contributed by atoms with E-state index in [-0.39, 0.29) is 17.3 Å². The molecule has 2 aromatic heterocycles. The highest BCUT2D eigenvalue weighted by atomic mass is 16.6. The molecule has 0 radical (unpaired) electrons. The number of carbonyl (C=O) groups is 1. The first-order chi connectivity index (χ1) is 17.5. The molecule has 37 heavy (non-hydrogen) atoms. The lowest BCUT2D eigenvalue weighted by Gasteiger charge is -2.22. The van der Waals surface area contributed by atoms with E-state index in [0.717, 1.165) is 5.69 Å². The molecular weight excluding hydrogens is 476 g/mol. The number of nitrogens with zero attached hydrogens (tertiary/aromatic N) is 5. The van der Waals surface area contributed by atoms with Gasteiger partial charge in [0.1, 0.15) is 30.2 Å². The van der Waals surface area contributed by atoms with Crippen LogP contribution in [0.3, 0.4) is 0 Å². The summed E-state index contributed by atoms with van der Waals surface area (Å²) in [6.07, 6.45) is -0.227. The summed E-state index contributed by atoms with van der Waals surface area (Å²) in [4.78, 5) is 26.5. The molecule has 0 unspecified atom stereocenters. The Morgan fingerprint density at radius 3 is 2.59 bits per heavy atom. The van der Waals surface area contributed by atoms with Crippen molar-refractivity contribution in [2.24, 2.45) is 0 Å². The number of likely N-dealkylation sites (N-methyl/N-ethyl adjacent to an activating group) is 1. The number of fused-ring (bicyclic) bond motifs is 1. The first-order valence-electron chi connectivity index (χ1n) is 12.3. The maximum atomic E-state index is 12.2. The Morgan fingerprint density at radius 1 is 1.16 bits per heavy atom. The summed E-state index contributed by atoms with van der Waals surface area (Å²) >= 11 is 0. The number of aliphatic hydroxyl groups excluding tert-OH is 2. The van der Waals surface area contributed by atoms with Crippen molar-refractivity contribution in [2.75, 3.05) is 37.7 Å². The lowest BCUT2D eigenvalue weighted by Crippen LogP contribution is -2.39. The molecule has 12 heteroatoms. The van der Waals surface area contributed by atoms with E-state index in [9.17, 15) is 15.0 Å². The van der Waals surface area contributed by atoms with Crippen LogP contribution >= 0.6 is 0 Å². The third-order valence-corrected chi connectivity index (χ3v) is 6.50. The predicted molar refractivity (Wildman–Crippen MR) is 140 cm³/mol. The van der Waals surface area contributed by atoms with Crippen LogP contribution in [0.1, 0.15) is 39.0 Å². The first-order valence-corrected chi connectivity index (χ1v) is 12.3. The molecule has 0 aliphatic carbocycles. The number of carbonyl (C=O) groups excluding carboxylic acids is 1. The molecule has 1 aromatic carbocycles. The predicted octanol–water partition coefficient (Wildman–Crippen LogP) is 1.47. The molecule has 3 heterocycles. The van der Waals surface area contributed by atoms with Gasteiger partial charge in [0.05, 0.1) is 6.33 Å². The van der Waals surface area contributed by atoms with Gasteiger partial charge in [-0.3, -0.25) is 4.57 Å². The highest BCUT2D eigenvalue weighted by Gasteiger charge is 2.44. The number of nitrogens with two attached hydrogens (primary N) is 1. The zero-order valence-electron chi connectivity index (χ0n) is 21.6. The number of amides is 2. The normalized spacial score (nSPS) is 22.0. The molecule has 0 spiro atoms. The highest BCUT2D eigenvalue weighted by Crippen LogP contribution is 2.32. The minimum atomic E-state index is -1.16. The summed E-state index contributed by atoms with van der Waals surface area (Å²) in [5.41, 5.74) is 8.67. The van der Waals surface area contributed by atoms with Crippen molar-refractivity contribution in [3.05, 3.63) is 42.5 Å². The number of ether oxygens (including phenoxy) is 1. The Kier molecular flexibility index (Phi) is 7.93. The smallest absolute Gasteiger partial charge is 0.319 e. The average molecular weight is 513 g/mol. The van der Waals surface area contributed by atoms with Gasteiger partial charge in [-0.15, -0.1) is 0 Å². The summed E-state index contributed by atoms with van der Waals surface area (Å²) < 4.78 is 7.55. The second-order valence-corrected chi connectivity index (χ2v) is 10.5. The van der Waals surface area contributed by atoms with Crippen LogP contribution in [0.2, 0.25) is 0 Å². The largest absolute Gasteiger partial charge is 0.387 e. The fourth-order valence-corrected chi connectivity index (χ4v) is 4.34. The zero-order valence-corrected chi connectivity index (χ0v) is 21.6. The number of anilines is 2. The Labute approximate surface area is 215 Å². The molecule has 4 rings (SSSR count). The van der Waals surface area contributed by atoms with Crippen LogP contribution in [0.15, 0.2) is 36.9 Å². The van der Waals surface area contributed by atoms with Gasteiger partial charge in [-0.25, -0.2) is 19.7 Å². The van der Waals surface area contributed by atoms with Crippen LogP contribution < -0.4 is 16.4 Å². The third kappa shape index (κ3) is 6.16. The van der Waals surface area contributed by atoms with Gasteiger partial charge in [0.15, 0.2) is 17.7 Å². The third-order valence-electron chi connectivity index (χ3n) is 6.50. The number of benzene rings is 1. The van der Waals surface area contributed by atoms with Crippen LogP contribution in [0.5, 0.6) is 0 Å². The molecule has 0 bridgehead atoms. The standard InChI is InChI=1S/C25H36N8O4/c1-25(2,3)15-6-8-16(9-7-15)31-24(36)27-10-5-11-32(4)12-17-19(34)20(35)23(37-17)33-14-30-18-21(26)28-13-29-22(18)33/h6-9,13-14,17,19-20,23,34-35H,5,10-12H2,1-4H3,(H2,26,28,29)(H2,27,31,36)/t17-,19+,20-,23-/m1/s1. The van der Waals surface area contributed by atoms with Crippen molar-refractivity contribution in [1.29, 1.82) is 0 Å². The number of urea groups is 1. The van der Waals surface area contributed by atoms with Crippen LogP contribution in [0, 0.1) is 0 Å². The quantitative estimate of drug-likeness (QED) is 0.281.